The largest absolute Gasteiger partial charge is 0.491 e. The first-order valence-electron chi connectivity index (χ1n) is 9.96. The van der Waals surface area contributed by atoms with Crippen LogP contribution in [0.3, 0.4) is 0 Å². The van der Waals surface area contributed by atoms with Gasteiger partial charge in [0.05, 0.1) is 5.69 Å². The molecule has 0 aromatic heterocycles. The highest BCUT2D eigenvalue weighted by Gasteiger charge is 2.21. The van der Waals surface area contributed by atoms with Gasteiger partial charge < -0.3 is 14.7 Å². The highest BCUT2D eigenvalue weighted by atomic mass is 19.1. The van der Waals surface area contributed by atoms with Gasteiger partial charge in [-0.1, -0.05) is 45.0 Å². The average Bonchev–Trinajstić information content (AvgIpc) is 2.67. The molecule has 1 aliphatic rings. The molecule has 4 nitrogen and oxygen atoms in total. The van der Waals surface area contributed by atoms with E-state index in [1.807, 2.05) is 24.3 Å². The van der Waals surface area contributed by atoms with Gasteiger partial charge in [0.25, 0.3) is 0 Å². The zero-order valence-corrected chi connectivity index (χ0v) is 17.1. The number of para-hydroxylation sites is 1. The van der Waals surface area contributed by atoms with Crippen molar-refractivity contribution in [3.63, 3.8) is 0 Å². The molecule has 1 atom stereocenters. The third kappa shape index (κ3) is 5.46. The van der Waals surface area contributed by atoms with E-state index < -0.39 is 6.10 Å². The van der Waals surface area contributed by atoms with E-state index >= 15 is 0 Å². The molecule has 1 aliphatic heterocycles. The van der Waals surface area contributed by atoms with E-state index in [1.54, 1.807) is 6.07 Å². The molecule has 1 saturated heterocycles. The highest BCUT2D eigenvalue weighted by Crippen LogP contribution is 2.24. The number of aliphatic hydroxyl groups is 1. The minimum absolute atomic E-state index is 0.114. The standard InChI is InChI=1S/C23H31FN2O2/c1-23(2,3)18-8-10-20(11-9-18)28-17-19(27)16-25-12-14-26(15-13-25)22-7-5-4-6-21(22)24/h4-11,19,27H,12-17H2,1-3H3/t19-/m1/s1. The van der Waals surface area contributed by atoms with Crippen LogP contribution < -0.4 is 9.64 Å². The maximum atomic E-state index is 13.9. The summed E-state index contributed by atoms with van der Waals surface area (Å²) in [4.78, 5) is 4.26. The second-order valence-electron chi connectivity index (χ2n) is 8.48. The Morgan fingerprint density at radius 2 is 1.64 bits per heavy atom. The molecule has 1 N–H and O–H groups in total. The Hall–Kier alpha value is -2.11. The molecule has 0 unspecified atom stereocenters. The van der Waals surface area contributed by atoms with E-state index in [0.717, 1.165) is 31.9 Å². The molecule has 152 valence electrons. The monoisotopic (exact) mass is 386 g/mol. The average molecular weight is 387 g/mol. The predicted octanol–water partition coefficient (Wildman–Crippen LogP) is 3.69. The molecular formula is C23H31FN2O2. The number of rotatable bonds is 6. The first-order valence-corrected chi connectivity index (χ1v) is 9.96. The number of ether oxygens (including phenoxy) is 1. The van der Waals surface area contributed by atoms with Crippen molar-refractivity contribution in [3.05, 3.63) is 59.9 Å². The summed E-state index contributed by atoms with van der Waals surface area (Å²) in [6.45, 7) is 10.5. The maximum absolute atomic E-state index is 13.9. The van der Waals surface area contributed by atoms with E-state index in [2.05, 4.69) is 42.7 Å². The number of halogens is 1. The summed E-state index contributed by atoms with van der Waals surface area (Å²) < 4.78 is 19.7. The van der Waals surface area contributed by atoms with Crippen LogP contribution in [0.25, 0.3) is 0 Å². The lowest BCUT2D eigenvalue weighted by Crippen LogP contribution is -2.49. The summed E-state index contributed by atoms with van der Waals surface area (Å²) in [6.07, 6.45) is -0.553. The fourth-order valence-electron chi connectivity index (χ4n) is 3.47. The third-order valence-corrected chi connectivity index (χ3v) is 5.20. The Morgan fingerprint density at radius 1 is 1.00 bits per heavy atom. The van der Waals surface area contributed by atoms with Crippen molar-refractivity contribution in [1.82, 2.24) is 4.90 Å². The van der Waals surface area contributed by atoms with Gasteiger partial charge >= 0.3 is 0 Å². The number of nitrogens with zero attached hydrogens (tertiary/aromatic N) is 2. The van der Waals surface area contributed by atoms with Gasteiger partial charge in [0.15, 0.2) is 0 Å². The van der Waals surface area contributed by atoms with Crippen LogP contribution in [0.15, 0.2) is 48.5 Å². The maximum Gasteiger partial charge on any atom is 0.146 e. The van der Waals surface area contributed by atoms with E-state index in [0.29, 0.717) is 12.2 Å². The van der Waals surface area contributed by atoms with Gasteiger partial charge in [-0.3, -0.25) is 4.90 Å². The molecular weight excluding hydrogens is 355 g/mol. The number of aliphatic hydroxyl groups excluding tert-OH is 1. The lowest BCUT2D eigenvalue weighted by molar-refractivity contribution is 0.0662. The Labute approximate surface area is 167 Å². The molecule has 0 radical (unpaired) electrons. The second-order valence-corrected chi connectivity index (χ2v) is 8.48. The number of β-amino-alcohol motifs (C(OH)–C–C–N with tert-alkyl or cyclic N) is 1. The van der Waals surface area contributed by atoms with Gasteiger partial charge in [-0.05, 0) is 35.2 Å². The summed E-state index contributed by atoms with van der Waals surface area (Å²) in [5.74, 6) is 0.596. The molecule has 0 aliphatic carbocycles. The number of hydrogen-bond donors (Lipinski definition) is 1. The Kier molecular flexibility index (Phi) is 6.57. The molecule has 1 heterocycles. The molecule has 2 aromatic rings. The third-order valence-electron chi connectivity index (χ3n) is 5.20. The SMILES string of the molecule is CC(C)(C)c1ccc(OC[C@H](O)CN2CCN(c3ccccc3F)CC2)cc1. The lowest BCUT2D eigenvalue weighted by atomic mass is 9.87. The van der Waals surface area contributed by atoms with Gasteiger partial charge in [0.1, 0.15) is 24.3 Å². The Morgan fingerprint density at radius 3 is 2.25 bits per heavy atom. The normalized spacial score (nSPS) is 16.8. The van der Waals surface area contributed by atoms with Crippen LogP contribution in [0.1, 0.15) is 26.3 Å². The zero-order valence-electron chi connectivity index (χ0n) is 17.1. The van der Waals surface area contributed by atoms with Crippen LogP contribution in [-0.4, -0.2) is 55.4 Å². The van der Waals surface area contributed by atoms with E-state index in [1.165, 1.54) is 11.6 Å². The lowest BCUT2D eigenvalue weighted by Gasteiger charge is -2.36. The number of piperazine rings is 1. The van der Waals surface area contributed by atoms with Crippen molar-refractivity contribution < 1.29 is 14.2 Å². The molecule has 28 heavy (non-hydrogen) atoms. The summed E-state index contributed by atoms with van der Waals surface area (Å²) in [5, 5.41) is 10.3. The first kappa shape index (κ1) is 20.6. The molecule has 0 bridgehead atoms. The van der Waals surface area contributed by atoms with E-state index in [9.17, 15) is 9.50 Å². The zero-order chi connectivity index (χ0) is 20.1. The first-order chi connectivity index (χ1) is 13.3. The van der Waals surface area contributed by atoms with Crippen LogP contribution in [0.5, 0.6) is 5.75 Å². The summed E-state index contributed by atoms with van der Waals surface area (Å²) >= 11 is 0. The topological polar surface area (TPSA) is 35.9 Å². The van der Waals surface area contributed by atoms with Gasteiger partial charge in [-0.25, -0.2) is 4.39 Å². The minimum atomic E-state index is -0.553. The second kappa shape index (κ2) is 8.93. The quantitative estimate of drug-likeness (QED) is 0.822. The smallest absolute Gasteiger partial charge is 0.146 e. The van der Waals surface area contributed by atoms with Gasteiger partial charge in [-0.2, -0.15) is 0 Å². The van der Waals surface area contributed by atoms with Crippen molar-refractivity contribution in [2.45, 2.75) is 32.3 Å². The molecule has 0 saturated carbocycles. The van der Waals surface area contributed by atoms with Crippen LogP contribution in [0, 0.1) is 5.82 Å². The fourth-order valence-corrected chi connectivity index (χ4v) is 3.47. The van der Waals surface area contributed by atoms with Crippen molar-refractivity contribution in [3.8, 4) is 5.75 Å². The van der Waals surface area contributed by atoms with Crippen LogP contribution in [0.4, 0.5) is 10.1 Å². The minimum Gasteiger partial charge on any atom is -0.491 e. The van der Waals surface area contributed by atoms with Crippen molar-refractivity contribution in [2.24, 2.45) is 0 Å². The van der Waals surface area contributed by atoms with Crippen molar-refractivity contribution >= 4 is 5.69 Å². The number of benzene rings is 2. The van der Waals surface area contributed by atoms with Gasteiger partial charge in [0.2, 0.25) is 0 Å². The molecule has 1 fully saturated rings. The predicted molar refractivity (Wildman–Crippen MR) is 112 cm³/mol. The molecule has 0 spiro atoms. The highest BCUT2D eigenvalue weighted by molar-refractivity contribution is 5.48. The van der Waals surface area contributed by atoms with Gasteiger partial charge in [0, 0.05) is 32.7 Å². The molecule has 0 amide bonds. The van der Waals surface area contributed by atoms with E-state index in [4.69, 9.17) is 4.74 Å². The summed E-state index contributed by atoms with van der Waals surface area (Å²) in [7, 11) is 0. The number of anilines is 1. The summed E-state index contributed by atoms with van der Waals surface area (Å²) in [5.41, 5.74) is 2.03. The molecule has 2 aromatic carbocycles. The van der Waals surface area contributed by atoms with Crippen LogP contribution >= 0.6 is 0 Å². The van der Waals surface area contributed by atoms with Crippen LogP contribution in [0.2, 0.25) is 0 Å². The van der Waals surface area contributed by atoms with Crippen molar-refractivity contribution in [2.75, 3.05) is 44.2 Å². The Balaban J connectivity index is 1.42. The van der Waals surface area contributed by atoms with Crippen LogP contribution in [-0.2, 0) is 5.41 Å². The number of hydrogen-bond acceptors (Lipinski definition) is 4. The molecule has 5 heteroatoms. The Bertz CT molecular complexity index is 750. The van der Waals surface area contributed by atoms with Gasteiger partial charge in [-0.15, -0.1) is 0 Å². The molecule has 3 rings (SSSR count). The van der Waals surface area contributed by atoms with Crippen molar-refractivity contribution in [1.29, 1.82) is 0 Å². The summed E-state index contributed by atoms with van der Waals surface area (Å²) in [6, 6.07) is 15.0. The van der Waals surface area contributed by atoms with E-state index in [-0.39, 0.29) is 17.8 Å². The fraction of sp³-hybridized carbons (Fsp3) is 0.478.